The standard InChI is InChI=1S/C13H20ClNO/c1-10(9-16-3)8-15-11(2)12-4-6-13(14)7-5-12/h4-7,10-11,15H,8-9H2,1-3H3/t10?,11-/m1/s1. The van der Waals surface area contributed by atoms with Gasteiger partial charge in [0.05, 0.1) is 0 Å². The summed E-state index contributed by atoms with van der Waals surface area (Å²) in [6.07, 6.45) is 0. The molecule has 0 amide bonds. The van der Waals surface area contributed by atoms with Gasteiger partial charge in [-0.15, -0.1) is 0 Å². The van der Waals surface area contributed by atoms with Gasteiger partial charge in [0.1, 0.15) is 0 Å². The summed E-state index contributed by atoms with van der Waals surface area (Å²) in [5.41, 5.74) is 1.26. The van der Waals surface area contributed by atoms with Gasteiger partial charge in [0.25, 0.3) is 0 Å². The molecule has 0 aliphatic heterocycles. The molecule has 90 valence electrons. The quantitative estimate of drug-likeness (QED) is 0.826. The third-order valence-electron chi connectivity index (χ3n) is 2.59. The van der Waals surface area contributed by atoms with Gasteiger partial charge in [-0.1, -0.05) is 30.7 Å². The summed E-state index contributed by atoms with van der Waals surface area (Å²) in [5, 5.41) is 4.26. The summed E-state index contributed by atoms with van der Waals surface area (Å²) in [6, 6.07) is 8.31. The minimum absolute atomic E-state index is 0.344. The molecule has 0 heterocycles. The van der Waals surface area contributed by atoms with Crippen LogP contribution in [0.3, 0.4) is 0 Å². The second-order valence-electron chi connectivity index (χ2n) is 4.24. The number of ether oxygens (including phenoxy) is 1. The van der Waals surface area contributed by atoms with E-state index in [2.05, 4.69) is 31.3 Å². The third-order valence-corrected chi connectivity index (χ3v) is 2.85. The molecule has 0 radical (unpaired) electrons. The van der Waals surface area contributed by atoms with E-state index in [1.807, 2.05) is 12.1 Å². The second kappa shape index (κ2) is 6.89. The number of hydrogen-bond acceptors (Lipinski definition) is 2. The van der Waals surface area contributed by atoms with Gasteiger partial charge in [-0.2, -0.15) is 0 Å². The summed E-state index contributed by atoms with van der Waals surface area (Å²) in [4.78, 5) is 0. The second-order valence-corrected chi connectivity index (χ2v) is 4.68. The van der Waals surface area contributed by atoms with E-state index in [9.17, 15) is 0 Å². The largest absolute Gasteiger partial charge is 0.384 e. The number of rotatable bonds is 6. The number of halogens is 1. The van der Waals surface area contributed by atoms with Crippen LogP contribution in [0, 0.1) is 5.92 Å². The molecule has 1 rings (SSSR count). The van der Waals surface area contributed by atoms with Crippen molar-refractivity contribution in [1.29, 1.82) is 0 Å². The van der Waals surface area contributed by atoms with Crippen molar-refractivity contribution in [2.45, 2.75) is 19.9 Å². The number of methoxy groups -OCH3 is 1. The molecule has 0 aliphatic rings. The highest BCUT2D eigenvalue weighted by Crippen LogP contribution is 2.16. The molecule has 2 nitrogen and oxygen atoms in total. The predicted molar refractivity (Wildman–Crippen MR) is 68.9 cm³/mol. The summed E-state index contributed by atoms with van der Waals surface area (Å²) in [5.74, 6) is 0.528. The number of benzene rings is 1. The highest BCUT2D eigenvalue weighted by molar-refractivity contribution is 6.30. The Balaban J connectivity index is 2.40. The lowest BCUT2D eigenvalue weighted by Gasteiger charge is -2.17. The Labute approximate surface area is 103 Å². The molecule has 0 saturated carbocycles. The van der Waals surface area contributed by atoms with Crippen LogP contribution < -0.4 is 5.32 Å². The summed E-state index contributed by atoms with van der Waals surface area (Å²) in [7, 11) is 1.74. The van der Waals surface area contributed by atoms with Crippen LogP contribution >= 0.6 is 11.6 Å². The highest BCUT2D eigenvalue weighted by Gasteiger charge is 2.07. The minimum Gasteiger partial charge on any atom is -0.384 e. The van der Waals surface area contributed by atoms with Gasteiger partial charge < -0.3 is 10.1 Å². The Morgan fingerprint density at radius 1 is 1.25 bits per heavy atom. The van der Waals surface area contributed by atoms with Crippen molar-refractivity contribution in [3.63, 3.8) is 0 Å². The van der Waals surface area contributed by atoms with E-state index in [0.717, 1.165) is 18.2 Å². The van der Waals surface area contributed by atoms with Gasteiger partial charge in [-0.3, -0.25) is 0 Å². The van der Waals surface area contributed by atoms with Crippen LogP contribution in [-0.2, 0) is 4.74 Å². The Morgan fingerprint density at radius 3 is 2.44 bits per heavy atom. The maximum atomic E-state index is 5.85. The van der Waals surface area contributed by atoms with E-state index < -0.39 is 0 Å². The molecule has 2 atom stereocenters. The van der Waals surface area contributed by atoms with Crippen LogP contribution in [0.4, 0.5) is 0 Å². The molecule has 1 unspecified atom stereocenters. The normalized spacial score (nSPS) is 14.8. The number of nitrogens with one attached hydrogen (secondary N) is 1. The summed E-state index contributed by atoms with van der Waals surface area (Å²) in [6.45, 7) is 6.08. The van der Waals surface area contributed by atoms with E-state index in [1.165, 1.54) is 5.56 Å². The molecule has 0 spiro atoms. The lowest BCUT2D eigenvalue weighted by atomic mass is 10.1. The Bertz CT molecular complexity index is 299. The van der Waals surface area contributed by atoms with Gasteiger partial charge in [-0.25, -0.2) is 0 Å². The third kappa shape index (κ3) is 4.52. The first kappa shape index (κ1) is 13.5. The Kier molecular flexibility index (Phi) is 5.81. The van der Waals surface area contributed by atoms with Crippen LogP contribution in [0.25, 0.3) is 0 Å². The Morgan fingerprint density at radius 2 is 1.88 bits per heavy atom. The molecule has 3 heteroatoms. The minimum atomic E-state index is 0.344. The predicted octanol–water partition coefficient (Wildman–Crippen LogP) is 3.27. The van der Waals surface area contributed by atoms with Crippen LogP contribution in [0.5, 0.6) is 0 Å². The van der Waals surface area contributed by atoms with Crippen molar-refractivity contribution in [2.75, 3.05) is 20.3 Å². The van der Waals surface area contributed by atoms with Crippen LogP contribution in [0.1, 0.15) is 25.5 Å². The number of hydrogen-bond donors (Lipinski definition) is 1. The summed E-state index contributed by atoms with van der Waals surface area (Å²) < 4.78 is 5.10. The zero-order valence-corrected chi connectivity index (χ0v) is 10.9. The zero-order chi connectivity index (χ0) is 12.0. The molecule has 1 N–H and O–H groups in total. The fraction of sp³-hybridized carbons (Fsp3) is 0.538. The van der Waals surface area contributed by atoms with Crippen molar-refractivity contribution >= 4 is 11.6 Å². The molecule has 16 heavy (non-hydrogen) atoms. The van der Waals surface area contributed by atoms with E-state index in [-0.39, 0.29) is 0 Å². The van der Waals surface area contributed by atoms with Crippen molar-refractivity contribution in [2.24, 2.45) is 5.92 Å². The lowest BCUT2D eigenvalue weighted by molar-refractivity contribution is 0.157. The maximum Gasteiger partial charge on any atom is 0.0499 e. The average Bonchev–Trinajstić information content (AvgIpc) is 2.27. The molecule has 0 aliphatic carbocycles. The first-order valence-corrected chi connectivity index (χ1v) is 5.99. The van der Waals surface area contributed by atoms with E-state index in [0.29, 0.717) is 12.0 Å². The van der Waals surface area contributed by atoms with Crippen LogP contribution in [0.2, 0.25) is 5.02 Å². The van der Waals surface area contributed by atoms with Gasteiger partial charge in [0.15, 0.2) is 0 Å². The van der Waals surface area contributed by atoms with Crippen LogP contribution in [0.15, 0.2) is 24.3 Å². The lowest BCUT2D eigenvalue weighted by Crippen LogP contribution is -2.26. The molecule has 1 aromatic rings. The first-order valence-electron chi connectivity index (χ1n) is 5.61. The SMILES string of the molecule is COCC(C)CN[C@H](C)c1ccc(Cl)cc1. The van der Waals surface area contributed by atoms with E-state index in [1.54, 1.807) is 7.11 Å². The van der Waals surface area contributed by atoms with E-state index >= 15 is 0 Å². The van der Waals surface area contributed by atoms with Crippen molar-refractivity contribution in [3.8, 4) is 0 Å². The molecule has 0 aromatic heterocycles. The van der Waals surface area contributed by atoms with Gasteiger partial charge >= 0.3 is 0 Å². The molecule has 0 fully saturated rings. The zero-order valence-electron chi connectivity index (χ0n) is 10.2. The first-order chi connectivity index (χ1) is 7.63. The smallest absolute Gasteiger partial charge is 0.0499 e. The average molecular weight is 242 g/mol. The van der Waals surface area contributed by atoms with Crippen molar-refractivity contribution in [3.05, 3.63) is 34.9 Å². The monoisotopic (exact) mass is 241 g/mol. The van der Waals surface area contributed by atoms with Gasteiger partial charge in [0.2, 0.25) is 0 Å². The van der Waals surface area contributed by atoms with Crippen molar-refractivity contribution in [1.82, 2.24) is 5.32 Å². The van der Waals surface area contributed by atoms with E-state index in [4.69, 9.17) is 16.3 Å². The topological polar surface area (TPSA) is 21.3 Å². The molecule has 1 aromatic carbocycles. The van der Waals surface area contributed by atoms with Gasteiger partial charge in [0, 0.05) is 31.3 Å². The van der Waals surface area contributed by atoms with Gasteiger partial charge in [-0.05, 0) is 30.5 Å². The molecular weight excluding hydrogens is 222 g/mol. The molecular formula is C13H20ClNO. The highest BCUT2D eigenvalue weighted by atomic mass is 35.5. The summed E-state index contributed by atoms with van der Waals surface area (Å²) >= 11 is 5.85. The van der Waals surface area contributed by atoms with Crippen LogP contribution in [-0.4, -0.2) is 20.3 Å². The Hall–Kier alpha value is -0.570. The fourth-order valence-electron chi connectivity index (χ4n) is 1.59. The molecule has 0 bridgehead atoms. The maximum absolute atomic E-state index is 5.85. The fourth-order valence-corrected chi connectivity index (χ4v) is 1.72. The molecule has 0 saturated heterocycles. The van der Waals surface area contributed by atoms with Crippen molar-refractivity contribution < 1.29 is 4.74 Å².